The molecule has 2 aliphatic rings. The summed E-state index contributed by atoms with van der Waals surface area (Å²) in [6.45, 7) is 21.1. The van der Waals surface area contributed by atoms with Crippen LogP contribution in [-0.4, -0.2) is 30.2 Å². The average Bonchev–Trinajstić information content (AvgIpc) is 4.19. The van der Waals surface area contributed by atoms with Crippen molar-refractivity contribution >= 4 is 55.6 Å². The van der Waals surface area contributed by atoms with Gasteiger partial charge in [0, 0.05) is 126 Å². The van der Waals surface area contributed by atoms with Crippen LogP contribution in [0.25, 0.3) is 43.6 Å². The summed E-state index contributed by atoms with van der Waals surface area (Å²) in [6, 6.07) is 50.0. The molecule has 6 heterocycles. The Bertz CT molecular complexity index is 3580. The van der Waals surface area contributed by atoms with E-state index in [-0.39, 0.29) is 11.9 Å². The minimum Gasteiger partial charge on any atom is -0.440 e. The Balaban J connectivity index is 0.000000157. The third-order valence-electron chi connectivity index (χ3n) is 16.0. The molecule has 6 aromatic carbocycles. The predicted octanol–water partition coefficient (Wildman–Crippen LogP) is 15.0. The highest BCUT2D eigenvalue weighted by atomic mass is 16.6. The van der Waals surface area contributed by atoms with Gasteiger partial charge in [-0.1, -0.05) is 136 Å². The van der Waals surface area contributed by atoms with E-state index < -0.39 is 11.2 Å². The Kier molecular flexibility index (Phi) is 11.8. The van der Waals surface area contributed by atoms with Crippen LogP contribution in [0.2, 0.25) is 0 Å². The van der Waals surface area contributed by atoms with Crippen molar-refractivity contribution in [2.24, 2.45) is 0 Å². The number of carbonyl (C=O) groups is 2. The second-order valence-corrected chi connectivity index (χ2v) is 19.6. The maximum absolute atomic E-state index is 13.6. The molecule has 0 N–H and O–H groups in total. The second kappa shape index (κ2) is 18.2. The van der Waals surface area contributed by atoms with Crippen molar-refractivity contribution in [1.29, 1.82) is 0 Å². The van der Waals surface area contributed by atoms with Crippen LogP contribution in [0, 0.1) is 27.7 Å². The van der Waals surface area contributed by atoms with Crippen molar-refractivity contribution in [3.05, 3.63) is 213 Å². The zero-order valence-corrected chi connectivity index (χ0v) is 42.9. The van der Waals surface area contributed by atoms with Gasteiger partial charge in [-0.15, -0.1) is 0 Å². The molecule has 0 radical (unpaired) electrons. The van der Waals surface area contributed by atoms with Crippen molar-refractivity contribution in [3.63, 3.8) is 0 Å². The molecule has 2 aliphatic heterocycles. The highest BCUT2D eigenvalue weighted by Crippen LogP contribution is 2.56. The van der Waals surface area contributed by atoms with Gasteiger partial charge in [-0.3, -0.25) is 0 Å². The lowest BCUT2D eigenvalue weighted by molar-refractivity contribution is 0.0246. The fourth-order valence-corrected chi connectivity index (χ4v) is 13.0. The summed E-state index contributed by atoms with van der Waals surface area (Å²) in [7, 11) is 0. The standard InChI is InChI=1S/C34H36N2O2.C30H28N2O2/c1-5-7-21-35-23(3)31(26-16-10-13-19-29(26)35)34(28-18-12-9-15-25(28)33(37)38-34)32-24(4)36(22-8-6-2)30-20-14-11-17-27(30)32;1-5-31-19(3)27(22-14-8-11-17-25(22)31)30(24-16-10-7-13-21(24)29(33)34-30)28-20(4)32(6-2)26-18-12-9-15-23(26)28/h9-20H,5-8,21-22H2,1-4H3;7-18H,5-6H2,1-4H3. The lowest BCUT2D eigenvalue weighted by Crippen LogP contribution is -2.31. The second-order valence-electron chi connectivity index (χ2n) is 19.6. The summed E-state index contributed by atoms with van der Waals surface area (Å²) >= 11 is 0. The number of benzene rings is 6. The summed E-state index contributed by atoms with van der Waals surface area (Å²) < 4.78 is 22.9. The molecule has 0 atom stereocenters. The maximum atomic E-state index is 13.6. The molecule has 8 heteroatoms. The molecule has 4 aromatic heterocycles. The van der Waals surface area contributed by atoms with Crippen LogP contribution >= 0.6 is 0 Å². The molecule has 12 rings (SSSR count). The van der Waals surface area contributed by atoms with Gasteiger partial charge < -0.3 is 27.7 Å². The molecule has 0 bridgehead atoms. The highest BCUT2D eigenvalue weighted by molar-refractivity contribution is 6.03. The van der Waals surface area contributed by atoms with Gasteiger partial charge in [-0.05, 0) is 90.8 Å². The van der Waals surface area contributed by atoms with Crippen molar-refractivity contribution in [2.75, 3.05) is 0 Å². The molecular formula is C64H64N4O4. The van der Waals surface area contributed by atoms with E-state index >= 15 is 0 Å². The highest BCUT2D eigenvalue weighted by Gasteiger charge is 2.55. The maximum Gasteiger partial charge on any atom is 0.340 e. The van der Waals surface area contributed by atoms with Gasteiger partial charge in [0.25, 0.3) is 0 Å². The minimum atomic E-state index is -1.03. The minimum absolute atomic E-state index is 0.254. The van der Waals surface area contributed by atoms with Crippen molar-refractivity contribution in [3.8, 4) is 0 Å². The number of esters is 2. The topological polar surface area (TPSA) is 72.3 Å². The van der Waals surface area contributed by atoms with Crippen molar-refractivity contribution in [1.82, 2.24) is 18.3 Å². The van der Waals surface area contributed by atoms with Gasteiger partial charge in [0.1, 0.15) is 0 Å². The van der Waals surface area contributed by atoms with E-state index in [1.165, 1.54) is 11.0 Å². The van der Waals surface area contributed by atoms with E-state index in [4.69, 9.17) is 9.47 Å². The van der Waals surface area contributed by atoms with Crippen LogP contribution in [-0.2, 0) is 46.9 Å². The van der Waals surface area contributed by atoms with Crippen molar-refractivity contribution in [2.45, 2.75) is 118 Å². The van der Waals surface area contributed by atoms with Crippen LogP contribution in [0.5, 0.6) is 0 Å². The zero-order chi connectivity index (χ0) is 50.1. The normalized spacial score (nSPS) is 14.5. The number of ether oxygens (including phenoxy) is 2. The van der Waals surface area contributed by atoms with Gasteiger partial charge in [-0.2, -0.15) is 0 Å². The van der Waals surface area contributed by atoms with E-state index in [0.29, 0.717) is 11.1 Å². The first-order valence-corrected chi connectivity index (χ1v) is 26.1. The molecule has 8 nitrogen and oxygen atoms in total. The summed E-state index contributed by atoms with van der Waals surface area (Å²) in [5.41, 5.74) is 14.7. The fourth-order valence-electron chi connectivity index (χ4n) is 13.0. The lowest BCUT2D eigenvalue weighted by Gasteiger charge is -2.31. The number of unbranched alkanes of at least 4 members (excludes halogenated alkanes) is 2. The number of hydrogen-bond acceptors (Lipinski definition) is 4. The molecule has 0 amide bonds. The third-order valence-corrected chi connectivity index (χ3v) is 16.0. The van der Waals surface area contributed by atoms with Gasteiger partial charge in [0.05, 0.1) is 11.1 Å². The Labute approximate surface area is 422 Å². The first-order valence-electron chi connectivity index (χ1n) is 26.1. The lowest BCUT2D eigenvalue weighted by atomic mass is 9.77. The van der Waals surface area contributed by atoms with Gasteiger partial charge >= 0.3 is 11.9 Å². The van der Waals surface area contributed by atoms with Crippen molar-refractivity contribution < 1.29 is 19.1 Å². The number of cyclic esters (lactones) is 2. The number of rotatable bonds is 12. The smallest absolute Gasteiger partial charge is 0.340 e. The Morgan fingerprint density at radius 3 is 0.972 bits per heavy atom. The molecular weight excluding hydrogens is 889 g/mol. The van der Waals surface area contributed by atoms with Crippen LogP contribution in [0.1, 0.15) is 130 Å². The number of nitrogens with zero attached hydrogens (tertiary/aromatic N) is 4. The number of carbonyl (C=O) groups excluding carboxylic acids is 2. The molecule has 0 saturated carbocycles. The molecule has 72 heavy (non-hydrogen) atoms. The molecule has 0 aliphatic carbocycles. The first kappa shape index (κ1) is 46.8. The van der Waals surface area contributed by atoms with E-state index in [1.54, 1.807) is 0 Å². The zero-order valence-electron chi connectivity index (χ0n) is 42.9. The van der Waals surface area contributed by atoms with Gasteiger partial charge in [-0.25, -0.2) is 9.59 Å². The monoisotopic (exact) mass is 952 g/mol. The number of hydrogen-bond donors (Lipinski definition) is 0. The first-order chi connectivity index (χ1) is 35.1. The van der Waals surface area contributed by atoms with Crippen LogP contribution < -0.4 is 0 Å². The van der Waals surface area contributed by atoms with Gasteiger partial charge in [0.15, 0.2) is 11.2 Å². The molecule has 364 valence electrons. The van der Waals surface area contributed by atoms with E-state index in [9.17, 15) is 9.59 Å². The summed E-state index contributed by atoms with van der Waals surface area (Å²) in [4.78, 5) is 27.1. The summed E-state index contributed by atoms with van der Waals surface area (Å²) in [5.74, 6) is -0.522. The van der Waals surface area contributed by atoms with Crippen LogP contribution in [0.15, 0.2) is 146 Å². The van der Waals surface area contributed by atoms with Gasteiger partial charge in [0.2, 0.25) is 0 Å². The third kappa shape index (κ3) is 6.63. The Hall–Kier alpha value is -7.58. The fraction of sp³-hybridized carbons (Fsp3) is 0.281. The molecule has 0 spiro atoms. The number of aryl methyl sites for hydroxylation is 4. The number of para-hydroxylation sites is 4. The quantitative estimate of drug-likeness (QED) is 0.114. The summed E-state index contributed by atoms with van der Waals surface area (Å²) in [6.07, 6.45) is 4.43. The average molecular weight is 953 g/mol. The van der Waals surface area contributed by atoms with E-state index in [0.717, 1.165) is 141 Å². The van der Waals surface area contributed by atoms with E-state index in [1.807, 2.05) is 36.4 Å². The number of fused-ring (bicyclic) bond motifs is 6. The SMILES string of the molecule is CCCCn1c(C)c(C2(c3c(C)n(CCCC)c4ccccc34)OC(=O)c3ccccc32)c2ccccc21.CCn1c(C)c(C2(c3c(C)n(CC)c4ccccc34)OC(=O)c3ccccc32)c2ccccc21. The Morgan fingerprint density at radius 1 is 0.375 bits per heavy atom. The van der Waals surface area contributed by atoms with E-state index in [2.05, 4.69) is 183 Å². The molecule has 0 saturated heterocycles. The largest absolute Gasteiger partial charge is 0.440 e. The Morgan fingerprint density at radius 2 is 0.653 bits per heavy atom. The van der Waals surface area contributed by atoms with Crippen LogP contribution in [0.4, 0.5) is 0 Å². The summed E-state index contributed by atoms with van der Waals surface area (Å²) in [5, 5.41) is 4.55. The predicted molar refractivity (Wildman–Crippen MR) is 291 cm³/mol. The molecule has 0 unspecified atom stereocenters. The molecule has 10 aromatic rings. The number of aromatic nitrogens is 4. The van der Waals surface area contributed by atoms with Crippen LogP contribution in [0.3, 0.4) is 0 Å². The molecule has 0 fully saturated rings.